The summed E-state index contributed by atoms with van der Waals surface area (Å²) in [6.07, 6.45) is -0.0264. The number of hydrogen-bond donors (Lipinski definition) is 2. The van der Waals surface area contributed by atoms with E-state index in [4.69, 9.17) is 24.5 Å². The van der Waals surface area contributed by atoms with Gasteiger partial charge in [0.2, 0.25) is 14.0 Å². The molecule has 404 valence electrons. The normalized spacial score (nSPS) is 13.1. The summed E-state index contributed by atoms with van der Waals surface area (Å²) in [7, 11) is -2.54. The Bertz CT molecular complexity index is 2710. The number of benzene rings is 4. The van der Waals surface area contributed by atoms with Crippen molar-refractivity contribution in [2.75, 3.05) is 46.2 Å². The van der Waals surface area contributed by atoms with Crippen molar-refractivity contribution in [3.8, 4) is 11.5 Å². The van der Waals surface area contributed by atoms with Gasteiger partial charge in [0, 0.05) is 59.3 Å². The van der Waals surface area contributed by atoms with E-state index in [0.717, 1.165) is 16.5 Å². The smallest absolute Gasteiger partial charge is 0.307 e. The Kier molecular flexibility index (Phi) is 23.0. The number of nitrogens with one attached hydrogen (secondary N) is 2. The molecule has 1 heterocycles. The molecule has 14 nitrogen and oxygen atoms in total. The number of esters is 1. The first-order chi connectivity index (χ1) is 36.2. The average Bonchev–Trinajstić information content (AvgIpc) is 3.80. The zero-order valence-corrected chi connectivity index (χ0v) is 46.7. The van der Waals surface area contributed by atoms with E-state index in [0.29, 0.717) is 25.1 Å². The zero-order chi connectivity index (χ0) is 55.2. The number of nitrogens with zero attached hydrogens (tertiary/aromatic N) is 3. The standard InChI is InChI=1S/C61H77N5O9Si/c1-59(2,3)75-57(70)43-47(41-50(67)44-74-36-35-73-34-33-72-32-21-37-76(60(4,5)6,51-25-14-10-15-26-51)52-27-16-11-17-28-52)56(69)42-48(40-49-39-46-24-18-19-29-54(46)64-49)58(71)65-61(7,8)53(38-45-22-12-9-13-23-45)55(68)30-20-31-63-66-62/h9-19,22-29,39,47-48,53,64H,20,30-36,38,40-44H2,1-8H3,(H,65,71)/t47-,48+,53-/m0/s1. The fourth-order valence-electron chi connectivity index (χ4n) is 9.62. The minimum Gasteiger partial charge on any atom is -0.460 e. The lowest BCUT2D eigenvalue weighted by atomic mass is 9.77. The highest BCUT2D eigenvalue weighted by molar-refractivity contribution is 7.10. The number of aromatic nitrogens is 1. The Morgan fingerprint density at radius 2 is 1.29 bits per heavy atom. The number of ketones is 3. The van der Waals surface area contributed by atoms with Crippen LogP contribution in [0.25, 0.3) is 21.3 Å². The third-order valence-electron chi connectivity index (χ3n) is 13.4. The van der Waals surface area contributed by atoms with Gasteiger partial charge in [-0.15, -0.1) is 5.54 Å². The molecule has 0 spiro atoms. The van der Waals surface area contributed by atoms with Crippen LogP contribution in [0, 0.1) is 29.2 Å². The molecule has 0 aliphatic carbocycles. The van der Waals surface area contributed by atoms with Crippen molar-refractivity contribution >= 4 is 58.6 Å². The lowest BCUT2D eigenvalue weighted by Crippen LogP contribution is -2.63. The van der Waals surface area contributed by atoms with E-state index in [2.05, 4.69) is 101 Å². The summed E-state index contributed by atoms with van der Waals surface area (Å²) in [5, 5.41) is 10.0. The number of Topliss-reactive ketones (excluding diaryl/α,β-unsaturated/α-hetero) is 3. The monoisotopic (exact) mass is 1050 g/mol. The summed E-state index contributed by atoms with van der Waals surface area (Å²) in [4.78, 5) is 76.2. The van der Waals surface area contributed by atoms with Crippen LogP contribution in [0.2, 0.25) is 5.04 Å². The molecule has 0 saturated heterocycles. The first-order valence-corrected chi connectivity index (χ1v) is 28.3. The Hall–Kier alpha value is -6.66. The molecule has 2 N–H and O–H groups in total. The lowest BCUT2D eigenvalue weighted by Gasteiger charge is -2.39. The predicted molar refractivity (Wildman–Crippen MR) is 301 cm³/mol. The van der Waals surface area contributed by atoms with Gasteiger partial charge >= 0.3 is 5.97 Å². The minimum atomic E-state index is -2.54. The third-order valence-corrected chi connectivity index (χ3v) is 18.6. The molecule has 0 fully saturated rings. The number of azide groups is 1. The second-order valence-electron chi connectivity index (χ2n) is 21.9. The largest absolute Gasteiger partial charge is 0.460 e. The molecule has 0 unspecified atom stereocenters. The van der Waals surface area contributed by atoms with Crippen LogP contribution in [-0.4, -0.2) is 99.6 Å². The number of rotatable bonds is 30. The number of amides is 1. The summed E-state index contributed by atoms with van der Waals surface area (Å²) in [6, 6.07) is 40.1. The zero-order valence-electron chi connectivity index (χ0n) is 45.7. The number of fused-ring (bicyclic) bond motifs is 1. The van der Waals surface area contributed by atoms with Gasteiger partial charge in [-0.25, -0.2) is 0 Å². The molecule has 5 aromatic rings. The van der Waals surface area contributed by atoms with Gasteiger partial charge in [0.05, 0.1) is 38.8 Å². The van der Waals surface area contributed by atoms with Gasteiger partial charge in [0.1, 0.15) is 30.4 Å². The molecule has 3 atom stereocenters. The summed E-state index contributed by atoms with van der Waals surface area (Å²) in [5.41, 5.74) is 13.1. The van der Waals surface area contributed by atoms with Crippen molar-refractivity contribution in [3.63, 3.8) is 0 Å². The van der Waals surface area contributed by atoms with Crippen LogP contribution in [0.15, 0.2) is 126 Å². The van der Waals surface area contributed by atoms with Gasteiger partial charge < -0.3 is 29.2 Å². The van der Waals surface area contributed by atoms with Crippen LogP contribution in [-0.2, 0) is 55.8 Å². The van der Waals surface area contributed by atoms with E-state index < -0.39 is 60.4 Å². The van der Waals surface area contributed by atoms with Gasteiger partial charge in [-0.05, 0) is 97.9 Å². The highest BCUT2D eigenvalue weighted by atomic mass is 28.3. The van der Waals surface area contributed by atoms with Crippen molar-refractivity contribution in [1.82, 2.24) is 10.3 Å². The maximum absolute atomic E-state index is 14.7. The maximum atomic E-state index is 14.7. The number of para-hydroxylation sites is 1. The van der Waals surface area contributed by atoms with Crippen LogP contribution in [0.5, 0.6) is 0 Å². The topological polar surface area (TPSA) is 199 Å². The van der Waals surface area contributed by atoms with Crippen molar-refractivity contribution in [3.05, 3.63) is 143 Å². The van der Waals surface area contributed by atoms with E-state index in [9.17, 15) is 24.0 Å². The van der Waals surface area contributed by atoms with E-state index in [1.54, 1.807) is 34.6 Å². The van der Waals surface area contributed by atoms with Crippen LogP contribution in [0.3, 0.4) is 0 Å². The third kappa shape index (κ3) is 18.6. The number of hydrogen-bond acceptors (Lipinski definition) is 10. The molecule has 0 aliphatic rings. The van der Waals surface area contributed by atoms with Gasteiger partial charge in [-0.3, -0.25) is 24.0 Å². The second-order valence-corrected chi connectivity index (χ2v) is 26.3. The molecule has 76 heavy (non-hydrogen) atoms. The Labute approximate surface area is 450 Å². The molecule has 0 bridgehead atoms. The first-order valence-electron chi connectivity index (χ1n) is 26.3. The van der Waals surface area contributed by atoms with Gasteiger partial charge in [-0.1, -0.05) is 141 Å². The molecule has 0 radical (unpaired) electrons. The molecular weight excluding hydrogens is 975 g/mol. The van der Waals surface area contributed by atoms with Crippen molar-refractivity contribution in [1.29, 1.82) is 0 Å². The van der Waals surface area contributed by atoms with Crippen molar-refractivity contribution in [2.24, 2.45) is 22.9 Å². The highest BCUT2D eigenvalue weighted by Gasteiger charge is 2.47. The fourth-order valence-corrected chi connectivity index (χ4v) is 14.1. The molecule has 4 aromatic carbocycles. The minimum absolute atomic E-state index is 0.101. The van der Waals surface area contributed by atoms with Gasteiger partial charge in [-0.2, -0.15) is 0 Å². The molecule has 0 aliphatic heterocycles. The number of carbonyl (C=O) groups is 5. The lowest BCUT2D eigenvalue weighted by molar-refractivity contribution is -0.157. The second kappa shape index (κ2) is 29.0. The SMILES string of the molecule is CC(C)(C)OC(=O)C[C@H](CC(=O)COCCOCCOCC#C[Si](c1ccccc1)(c1ccccc1)C(C)(C)C)C(=O)C[C@@H](Cc1cc2ccccc2[nH]1)C(=O)NC(C)(C)[C@@H](Cc1ccccc1)C(=O)CCCN=[N+]=[N-]. The number of carbonyl (C=O) groups excluding carboxylic acids is 5. The summed E-state index contributed by atoms with van der Waals surface area (Å²) in [6.45, 7) is 16.5. The van der Waals surface area contributed by atoms with Crippen molar-refractivity contribution in [2.45, 2.75) is 117 Å². The maximum Gasteiger partial charge on any atom is 0.307 e. The summed E-state index contributed by atoms with van der Waals surface area (Å²) in [5.74, 6) is -1.46. The first kappa shape index (κ1) is 60.2. The highest BCUT2D eigenvalue weighted by Crippen LogP contribution is 2.35. The number of H-pyrrole nitrogens is 1. The Morgan fingerprint density at radius 1 is 0.697 bits per heavy atom. The molecule has 5 rings (SSSR count). The predicted octanol–water partition coefficient (Wildman–Crippen LogP) is 9.66. The molecule has 1 aromatic heterocycles. The van der Waals surface area contributed by atoms with E-state index >= 15 is 0 Å². The van der Waals surface area contributed by atoms with E-state index in [1.165, 1.54) is 10.4 Å². The Balaban J connectivity index is 1.21. The average molecular weight is 1050 g/mol. The summed E-state index contributed by atoms with van der Waals surface area (Å²) >= 11 is 0. The Morgan fingerprint density at radius 3 is 1.89 bits per heavy atom. The molecular formula is C61H77N5O9Si. The molecule has 0 saturated carbocycles. The van der Waals surface area contributed by atoms with Crippen LogP contribution >= 0.6 is 0 Å². The molecule has 15 heteroatoms. The molecule has 1 amide bonds. The van der Waals surface area contributed by atoms with Crippen LogP contribution in [0.1, 0.15) is 98.8 Å². The van der Waals surface area contributed by atoms with Gasteiger partial charge in [0.15, 0.2) is 5.78 Å². The summed E-state index contributed by atoms with van der Waals surface area (Å²) < 4.78 is 22.9. The van der Waals surface area contributed by atoms with Crippen molar-refractivity contribution < 1.29 is 42.9 Å². The van der Waals surface area contributed by atoms with E-state index in [-0.39, 0.29) is 82.5 Å². The number of ether oxygens (including phenoxy) is 4. The van der Waals surface area contributed by atoms with Crippen LogP contribution in [0.4, 0.5) is 0 Å². The van der Waals surface area contributed by atoms with Crippen LogP contribution < -0.4 is 15.7 Å². The fraction of sp³-hybridized carbons (Fsp3) is 0.459. The van der Waals surface area contributed by atoms with E-state index in [1.807, 2.05) is 72.8 Å². The number of aromatic amines is 1. The quantitative estimate of drug-likeness (QED) is 0.00855. The van der Waals surface area contributed by atoms with Gasteiger partial charge in [0.25, 0.3) is 0 Å².